The summed E-state index contributed by atoms with van der Waals surface area (Å²) in [6, 6.07) is 12.5. The highest BCUT2D eigenvalue weighted by Crippen LogP contribution is 2.54. The summed E-state index contributed by atoms with van der Waals surface area (Å²) in [7, 11) is 1.57. The van der Waals surface area contributed by atoms with Gasteiger partial charge in [-0.1, -0.05) is 18.2 Å². The van der Waals surface area contributed by atoms with Gasteiger partial charge in [0.1, 0.15) is 11.8 Å². The van der Waals surface area contributed by atoms with Gasteiger partial charge in [0, 0.05) is 18.0 Å². The van der Waals surface area contributed by atoms with Crippen LogP contribution in [-0.2, 0) is 4.79 Å². The average molecular weight is 370 g/mol. The summed E-state index contributed by atoms with van der Waals surface area (Å²) in [5, 5.41) is 29.5. The zero-order chi connectivity index (χ0) is 19.9. The Morgan fingerprint density at radius 2 is 1.86 bits per heavy atom. The molecule has 6 heteroatoms. The van der Waals surface area contributed by atoms with E-state index in [1.54, 1.807) is 42.5 Å². The molecule has 0 radical (unpaired) electrons. The van der Waals surface area contributed by atoms with Gasteiger partial charge in [0.15, 0.2) is 11.2 Å². The number of carbonyl (C=O) groups excluding carboxylic acids is 1. The summed E-state index contributed by atoms with van der Waals surface area (Å²) in [6.07, 6.45) is 6.63. The predicted octanol–water partition coefficient (Wildman–Crippen LogP) is 2.82. The molecule has 3 aliphatic rings. The van der Waals surface area contributed by atoms with Crippen molar-refractivity contribution >= 4 is 5.78 Å². The molecule has 0 N–H and O–H groups in total. The number of hydrogen-bond donors (Lipinski definition) is 0. The third-order valence-corrected chi connectivity index (χ3v) is 5.91. The summed E-state index contributed by atoms with van der Waals surface area (Å²) in [5.74, 6) is 0.0486. The monoisotopic (exact) mass is 370 g/mol. The van der Waals surface area contributed by atoms with Crippen LogP contribution >= 0.6 is 0 Å². The smallest absolute Gasteiger partial charge is 0.176 e. The molecule has 0 spiro atoms. The van der Waals surface area contributed by atoms with Crippen LogP contribution in [0.25, 0.3) is 0 Å². The summed E-state index contributed by atoms with van der Waals surface area (Å²) in [4.78, 5) is 15.0. The van der Waals surface area contributed by atoms with Gasteiger partial charge in [-0.3, -0.25) is 4.79 Å². The Balaban J connectivity index is 1.90. The van der Waals surface area contributed by atoms with Gasteiger partial charge in [-0.2, -0.15) is 15.8 Å². The lowest BCUT2D eigenvalue weighted by molar-refractivity contribution is -0.124. The van der Waals surface area contributed by atoms with Crippen LogP contribution in [0.1, 0.15) is 24.3 Å². The Labute approximate surface area is 163 Å². The van der Waals surface area contributed by atoms with Crippen molar-refractivity contribution in [1.29, 1.82) is 15.8 Å². The fourth-order valence-electron chi connectivity index (χ4n) is 4.36. The van der Waals surface area contributed by atoms with Crippen LogP contribution in [-0.4, -0.2) is 29.9 Å². The van der Waals surface area contributed by atoms with Crippen molar-refractivity contribution in [1.82, 2.24) is 4.90 Å². The lowest BCUT2D eigenvalue weighted by atomic mass is 9.69. The maximum absolute atomic E-state index is 13.3. The molecule has 0 aromatic heterocycles. The molecule has 1 aromatic carbocycles. The van der Waals surface area contributed by atoms with Gasteiger partial charge in [0.05, 0.1) is 36.9 Å². The molecule has 2 fully saturated rings. The molecule has 0 bridgehead atoms. The molecule has 28 heavy (non-hydrogen) atoms. The van der Waals surface area contributed by atoms with Gasteiger partial charge in [0.25, 0.3) is 0 Å². The molecule has 138 valence electrons. The Bertz CT molecular complexity index is 985. The third-order valence-electron chi connectivity index (χ3n) is 5.91. The van der Waals surface area contributed by atoms with E-state index in [2.05, 4.69) is 18.2 Å². The van der Waals surface area contributed by atoms with E-state index in [4.69, 9.17) is 4.74 Å². The van der Waals surface area contributed by atoms with Crippen molar-refractivity contribution in [2.24, 2.45) is 11.3 Å². The Morgan fingerprint density at radius 1 is 1.18 bits per heavy atom. The van der Waals surface area contributed by atoms with Crippen molar-refractivity contribution in [2.45, 2.75) is 30.8 Å². The van der Waals surface area contributed by atoms with Crippen LogP contribution in [0.3, 0.4) is 0 Å². The number of hydrogen-bond acceptors (Lipinski definition) is 6. The number of nitrogens with zero attached hydrogens (tertiary/aromatic N) is 4. The molecule has 1 saturated heterocycles. The first kappa shape index (κ1) is 17.8. The molecule has 1 aromatic rings. The number of ether oxygens (including phenoxy) is 1. The van der Waals surface area contributed by atoms with Gasteiger partial charge < -0.3 is 9.64 Å². The van der Waals surface area contributed by atoms with Crippen molar-refractivity contribution in [3.8, 4) is 24.0 Å². The summed E-state index contributed by atoms with van der Waals surface area (Å²) >= 11 is 0. The lowest BCUT2D eigenvalue weighted by Gasteiger charge is -2.30. The van der Waals surface area contributed by atoms with E-state index in [0.29, 0.717) is 11.3 Å². The molecule has 3 atom stereocenters. The highest BCUT2D eigenvalue weighted by molar-refractivity contribution is 5.90. The summed E-state index contributed by atoms with van der Waals surface area (Å²) < 4.78 is 5.22. The van der Waals surface area contributed by atoms with E-state index in [1.807, 2.05) is 12.1 Å². The van der Waals surface area contributed by atoms with Crippen LogP contribution in [0.4, 0.5) is 0 Å². The zero-order valence-electron chi connectivity index (χ0n) is 15.4. The molecule has 3 unspecified atom stereocenters. The second-order valence-corrected chi connectivity index (χ2v) is 7.41. The zero-order valence-corrected chi connectivity index (χ0v) is 15.4. The minimum absolute atomic E-state index is 0.0376. The van der Waals surface area contributed by atoms with E-state index in [1.165, 1.54) is 0 Å². The van der Waals surface area contributed by atoms with Crippen molar-refractivity contribution in [2.75, 3.05) is 7.11 Å². The predicted molar refractivity (Wildman–Crippen MR) is 99.4 cm³/mol. The molecule has 2 aliphatic heterocycles. The minimum Gasteiger partial charge on any atom is -0.497 e. The van der Waals surface area contributed by atoms with Crippen LogP contribution in [0.5, 0.6) is 5.75 Å². The highest BCUT2D eigenvalue weighted by Gasteiger charge is 2.63. The highest BCUT2D eigenvalue weighted by atomic mass is 16.5. The Kier molecular flexibility index (Phi) is 4.17. The summed E-state index contributed by atoms with van der Waals surface area (Å²) in [5.41, 5.74) is -0.278. The van der Waals surface area contributed by atoms with Crippen molar-refractivity contribution in [3.05, 3.63) is 53.8 Å². The first-order valence-electron chi connectivity index (χ1n) is 9.17. The van der Waals surface area contributed by atoms with E-state index in [0.717, 1.165) is 18.4 Å². The van der Waals surface area contributed by atoms with E-state index in [9.17, 15) is 20.6 Å². The number of ketones is 1. The van der Waals surface area contributed by atoms with Gasteiger partial charge in [0.2, 0.25) is 0 Å². The quantitative estimate of drug-likeness (QED) is 0.808. The molecule has 2 heterocycles. The molecular formula is C22H18N4O2. The summed E-state index contributed by atoms with van der Waals surface area (Å²) in [6.45, 7) is 0. The maximum Gasteiger partial charge on any atom is 0.176 e. The van der Waals surface area contributed by atoms with Crippen LogP contribution in [0.15, 0.2) is 48.2 Å². The number of methoxy groups -OCH3 is 1. The number of Topliss-reactive ketones (excluding diaryl/α,β-unsaturated/α-hetero) is 1. The molecule has 1 aliphatic carbocycles. The fourth-order valence-corrected chi connectivity index (χ4v) is 4.36. The number of allylic oxidation sites excluding steroid dienone is 2. The lowest BCUT2D eigenvalue weighted by Crippen LogP contribution is -2.40. The van der Waals surface area contributed by atoms with E-state index in [-0.39, 0.29) is 11.7 Å². The van der Waals surface area contributed by atoms with E-state index >= 15 is 0 Å². The fraction of sp³-hybridized carbons (Fsp3) is 0.364. The number of nitriles is 3. The number of benzene rings is 1. The SMILES string of the molecule is COc1ccc(C2C(C(=O)C3CC3)N3C=C(C#N)C=CC3C2(C#N)C#N)cc1. The van der Waals surface area contributed by atoms with Gasteiger partial charge in [-0.05, 0) is 36.6 Å². The minimum atomic E-state index is -1.43. The van der Waals surface area contributed by atoms with Gasteiger partial charge in [-0.25, -0.2) is 0 Å². The normalized spacial score (nSPS) is 27.0. The molecule has 1 saturated carbocycles. The molecular weight excluding hydrogens is 352 g/mol. The molecule has 0 amide bonds. The van der Waals surface area contributed by atoms with Crippen LogP contribution in [0.2, 0.25) is 0 Å². The van der Waals surface area contributed by atoms with Gasteiger partial charge >= 0.3 is 0 Å². The number of rotatable bonds is 4. The van der Waals surface area contributed by atoms with Crippen LogP contribution < -0.4 is 4.74 Å². The first-order chi connectivity index (χ1) is 13.6. The topological polar surface area (TPSA) is 101 Å². The Hall–Kier alpha value is -3.56. The van der Waals surface area contributed by atoms with Crippen molar-refractivity contribution < 1.29 is 9.53 Å². The molecule has 4 rings (SSSR count). The number of carbonyl (C=O) groups is 1. The van der Waals surface area contributed by atoms with Crippen molar-refractivity contribution in [3.63, 3.8) is 0 Å². The largest absolute Gasteiger partial charge is 0.497 e. The first-order valence-corrected chi connectivity index (χ1v) is 9.17. The Morgan fingerprint density at radius 3 is 2.39 bits per heavy atom. The molecule has 6 nitrogen and oxygen atoms in total. The third kappa shape index (κ3) is 2.48. The maximum atomic E-state index is 13.3. The second kappa shape index (κ2) is 6.55. The second-order valence-electron chi connectivity index (χ2n) is 7.41. The van der Waals surface area contributed by atoms with Crippen LogP contribution in [0, 0.1) is 45.3 Å². The number of fused-ring (bicyclic) bond motifs is 1. The standard InChI is InChI=1S/C22H18N4O2/c1-28-17-7-5-15(6-8-17)19-20(21(27)16-3-4-16)26-11-14(10-23)2-9-18(26)22(19,12-24)13-25/h2,5-9,11,16,18-20H,3-4H2,1H3. The average Bonchev–Trinajstić information content (AvgIpc) is 3.55. The van der Waals surface area contributed by atoms with Gasteiger partial charge in [-0.15, -0.1) is 0 Å². The van der Waals surface area contributed by atoms with E-state index < -0.39 is 23.4 Å².